The first-order valence-corrected chi connectivity index (χ1v) is 7.89. The van der Waals surface area contributed by atoms with Gasteiger partial charge in [0.2, 0.25) is 5.78 Å². The molecule has 0 spiro atoms. The van der Waals surface area contributed by atoms with Gasteiger partial charge >= 0.3 is 0 Å². The fraction of sp³-hybridized carbons (Fsp3) is 0.294. The highest BCUT2D eigenvalue weighted by Gasteiger charge is 2.21. The van der Waals surface area contributed by atoms with Crippen LogP contribution in [0, 0.1) is 0 Å². The summed E-state index contributed by atoms with van der Waals surface area (Å²) < 4.78 is 0. The predicted octanol–water partition coefficient (Wildman–Crippen LogP) is 1.49. The van der Waals surface area contributed by atoms with E-state index in [2.05, 4.69) is 4.99 Å². The lowest BCUT2D eigenvalue weighted by Crippen LogP contribution is -2.29. The second-order valence-corrected chi connectivity index (χ2v) is 5.71. The molecule has 6 nitrogen and oxygen atoms in total. The highest BCUT2D eigenvalue weighted by Crippen LogP contribution is 2.24. The topological polar surface area (TPSA) is 99.2 Å². The highest BCUT2D eigenvalue weighted by atomic mass is 35.5. The van der Waals surface area contributed by atoms with Gasteiger partial charge in [-0.1, -0.05) is 11.6 Å². The molecule has 0 saturated carbocycles. The standard InChI is InChI=1S/C17H20ClN3O3/c1-11-10-14(16(19)15(18)17(11)24)20-12-2-4-13(5-3-12)21(6-8-22)7-9-23/h2-5,10,22-23H,6-9,19H2,1H3/b20-14-. The Morgan fingerprint density at radius 3 is 2.29 bits per heavy atom. The van der Waals surface area contributed by atoms with Gasteiger partial charge in [-0.2, -0.15) is 0 Å². The Labute approximate surface area is 145 Å². The van der Waals surface area contributed by atoms with Crippen molar-refractivity contribution < 1.29 is 15.0 Å². The van der Waals surface area contributed by atoms with Gasteiger partial charge in [0, 0.05) is 24.4 Å². The Bertz CT molecular complexity index is 702. The van der Waals surface area contributed by atoms with Crippen molar-refractivity contribution in [3.63, 3.8) is 0 Å². The molecule has 1 aromatic carbocycles. The van der Waals surface area contributed by atoms with Gasteiger partial charge in [0.15, 0.2) is 0 Å². The van der Waals surface area contributed by atoms with Crippen LogP contribution < -0.4 is 10.6 Å². The number of hydrogen-bond donors (Lipinski definition) is 3. The minimum atomic E-state index is -0.285. The van der Waals surface area contributed by atoms with Crippen LogP contribution in [0.5, 0.6) is 0 Å². The molecule has 24 heavy (non-hydrogen) atoms. The Morgan fingerprint density at radius 2 is 1.75 bits per heavy atom. The number of aliphatic hydroxyl groups is 2. The first kappa shape index (κ1) is 18.2. The molecule has 128 valence electrons. The first-order valence-electron chi connectivity index (χ1n) is 7.52. The van der Waals surface area contributed by atoms with Crippen LogP contribution in [-0.4, -0.2) is 48.0 Å². The summed E-state index contributed by atoms with van der Waals surface area (Å²) in [4.78, 5) is 18.0. The maximum absolute atomic E-state index is 11.7. The van der Waals surface area contributed by atoms with Crippen molar-refractivity contribution in [3.8, 4) is 0 Å². The van der Waals surface area contributed by atoms with Crippen molar-refractivity contribution in [1.29, 1.82) is 0 Å². The quantitative estimate of drug-likeness (QED) is 0.676. The molecule has 0 radical (unpaired) electrons. The molecule has 7 heteroatoms. The number of allylic oxidation sites excluding steroid dienone is 3. The summed E-state index contributed by atoms with van der Waals surface area (Å²) in [5.41, 5.74) is 8.50. The smallest absolute Gasteiger partial charge is 0.202 e. The number of hydrogen-bond acceptors (Lipinski definition) is 6. The van der Waals surface area contributed by atoms with E-state index in [1.807, 2.05) is 17.0 Å². The van der Waals surface area contributed by atoms with Crippen molar-refractivity contribution in [2.24, 2.45) is 10.7 Å². The average Bonchev–Trinajstić information content (AvgIpc) is 2.58. The van der Waals surface area contributed by atoms with E-state index in [-0.39, 0.29) is 29.7 Å². The van der Waals surface area contributed by atoms with E-state index in [1.54, 1.807) is 25.1 Å². The zero-order chi connectivity index (χ0) is 17.7. The molecular formula is C17H20ClN3O3. The molecule has 0 fully saturated rings. The van der Waals surface area contributed by atoms with Crippen molar-refractivity contribution in [2.75, 3.05) is 31.2 Å². The molecule has 0 heterocycles. The minimum Gasteiger partial charge on any atom is -0.396 e. The number of carbonyl (C=O) groups is 1. The van der Waals surface area contributed by atoms with Crippen molar-refractivity contribution in [1.82, 2.24) is 0 Å². The number of carbonyl (C=O) groups excluding carboxylic acids is 1. The number of anilines is 1. The number of aliphatic imine (C=N–C) groups is 1. The van der Waals surface area contributed by atoms with Gasteiger partial charge in [-0.05, 0) is 37.3 Å². The number of benzene rings is 1. The molecule has 0 aliphatic heterocycles. The van der Waals surface area contributed by atoms with Crippen molar-refractivity contribution in [3.05, 3.63) is 46.6 Å². The third kappa shape index (κ3) is 4.03. The molecule has 0 bridgehead atoms. The molecule has 2 rings (SSSR count). The highest BCUT2D eigenvalue weighted by molar-refractivity contribution is 6.49. The Hall–Kier alpha value is -2.15. The predicted molar refractivity (Wildman–Crippen MR) is 95.8 cm³/mol. The molecule has 0 atom stereocenters. The Kier molecular flexibility index (Phi) is 6.14. The van der Waals surface area contributed by atoms with Gasteiger partial charge in [0.05, 0.1) is 30.3 Å². The number of nitrogens with zero attached hydrogens (tertiary/aromatic N) is 2. The van der Waals surface area contributed by atoms with Crippen LogP contribution in [0.4, 0.5) is 11.4 Å². The molecule has 1 aromatic rings. The fourth-order valence-electron chi connectivity index (χ4n) is 2.34. The maximum Gasteiger partial charge on any atom is 0.202 e. The van der Waals surface area contributed by atoms with Gasteiger partial charge in [0.1, 0.15) is 5.03 Å². The lowest BCUT2D eigenvalue weighted by Gasteiger charge is -2.22. The van der Waals surface area contributed by atoms with Gasteiger partial charge in [-0.25, -0.2) is 4.99 Å². The summed E-state index contributed by atoms with van der Waals surface area (Å²) >= 11 is 5.94. The molecule has 4 N–H and O–H groups in total. The van der Waals surface area contributed by atoms with E-state index in [0.29, 0.717) is 30.1 Å². The summed E-state index contributed by atoms with van der Waals surface area (Å²) in [5, 5.41) is 18.2. The molecule has 0 aromatic heterocycles. The third-order valence-corrected chi connectivity index (χ3v) is 4.00. The van der Waals surface area contributed by atoms with Crippen LogP contribution in [-0.2, 0) is 4.79 Å². The molecular weight excluding hydrogens is 330 g/mol. The largest absolute Gasteiger partial charge is 0.396 e. The van der Waals surface area contributed by atoms with E-state index < -0.39 is 0 Å². The first-order chi connectivity index (χ1) is 11.5. The second-order valence-electron chi connectivity index (χ2n) is 5.33. The monoisotopic (exact) mass is 349 g/mol. The zero-order valence-corrected chi connectivity index (χ0v) is 14.1. The number of ketones is 1. The number of rotatable bonds is 6. The summed E-state index contributed by atoms with van der Waals surface area (Å²) in [5.74, 6) is -0.285. The van der Waals surface area contributed by atoms with E-state index >= 15 is 0 Å². The number of Topliss-reactive ketones (excluding diaryl/α,β-unsaturated/α-hetero) is 1. The lowest BCUT2D eigenvalue weighted by atomic mass is 10.0. The summed E-state index contributed by atoms with van der Waals surface area (Å²) in [6.07, 6.45) is 1.61. The molecule has 1 aliphatic rings. The number of aliphatic hydroxyl groups excluding tert-OH is 2. The summed E-state index contributed by atoms with van der Waals surface area (Å²) in [7, 11) is 0. The lowest BCUT2D eigenvalue weighted by molar-refractivity contribution is -0.111. The van der Waals surface area contributed by atoms with Crippen LogP contribution in [0.3, 0.4) is 0 Å². The minimum absolute atomic E-state index is 0.00196. The molecule has 0 amide bonds. The van der Waals surface area contributed by atoms with Gasteiger partial charge < -0.3 is 20.8 Å². The van der Waals surface area contributed by atoms with Crippen LogP contribution >= 0.6 is 11.6 Å². The van der Waals surface area contributed by atoms with Gasteiger partial charge in [-0.3, -0.25) is 4.79 Å². The Morgan fingerprint density at radius 1 is 1.17 bits per heavy atom. The zero-order valence-electron chi connectivity index (χ0n) is 13.4. The maximum atomic E-state index is 11.7. The second kappa shape index (κ2) is 8.10. The fourth-order valence-corrected chi connectivity index (χ4v) is 2.58. The van der Waals surface area contributed by atoms with Crippen molar-refractivity contribution >= 4 is 34.5 Å². The molecule has 0 saturated heterocycles. The third-order valence-electron chi connectivity index (χ3n) is 3.63. The number of nitrogens with two attached hydrogens (primary N) is 1. The summed E-state index contributed by atoms with van der Waals surface area (Å²) in [6, 6.07) is 7.28. The van der Waals surface area contributed by atoms with Gasteiger partial charge in [-0.15, -0.1) is 0 Å². The van der Waals surface area contributed by atoms with E-state index in [0.717, 1.165) is 5.69 Å². The molecule has 0 unspecified atom stereocenters. The van der Waals surface area contributed by atoms with Crippen molar-refractivity contribution in [2.45, 2.75) is 6.92 Å². The van der Waals surface area contributed by atoms with Crippen LogP contribution in [0.1, 0.15) is 6.92 Å². The van der Waals surface area contributed by atoms with Crippen LogP contribution in [0.15, 0.2) is 51.6 Å². The number of halogens is 1. The van der Waals surface area contributed by atoms with E-state index in [4.69, 9.17) is 27.5 Å². The average molecular weight is 350 g/mol. The van der Waals surface area contributed by atoms with E-state index in [1.165, 1.54) is 0 Å². The molecule has 1 aliphatic carbocycles. The Balaban J connectivity index is 2.27. The van der Waals surface area contributed by atoms with Crippen LogP contribution in [0.2, 0.25) is 0 Å². The van der Waals surface area contributed by atoms with Gasteiger partial charge in [0.25, 0.3) is 0 Å². The van der Waals surface area contributed by atoms with E-state index in [9.17, 15) is 4.79 Å². The SMILES string of the molecule is CC1=C/C(=N/c2ccc(N(CCO)CCO)cc2)C(N)=C(Cl)C1=O. The summed E-state index contributed by atoms with van der Waals surface area (Å²) in [6.45, 7) is 2.54. The van der Waals surface area contributed by atoms with Crippen LogP contribution in [0.25, 0.3) is 0 Å². The normalized spacial score (nSPS) is 16.6.